The van der Waals surface area contributed by atoms with Gasteiger partial charge in [0.1, 0.15) is 5.75 Å². The summed E-state index contributed by atoms with van der Waals surface area (Å²) in [5, 5.41) is 5.98. The molecule has 9 nitrogen and oxygen atoms in total. The average molecular weight is 515 g/mol. The number of benzene rings is 2. The molecule has 0 heterocycles. The Hall–Kier alpha value is -2.39. The number of nitro groups is 1. The molecule has 0 saturated heterocycles. The zero-order valence-electron chi connectivity index (χ0n) is 12.8. The van der Waals surface area contributed by atoms with Crippen LogP contribution in [0.2, 0.25) is 0 Å². The monoisotopic (exact) mass is 515 g/mol. The lowest BCUT2D eigenvalue weighted by atomic mass is 10.2. The van der Waals surface area contributed by atoms with E-state index in [9.17, 15) is 32.1 Å². The topological polar surface area (TPSA) is 133 Å². The summed E-state index contributed by atoms with van der Waals surface area (Å²) in [4.78, 5) is 21.6. The van der Waals surface area contributed by atoms with Crippen LogP contribution in [0.3, 0.4) is 0 Å². The fourth-order valence-corrected chi connectivity index (χ4v) is 2.35. The molecule has 0 saturated carbocycles. The first-order valence-corrected chi connectivity index (χ1v) is 9.23. The van der Waals surface area contributed by atoms with Gasteiger partial charge in [-0.3, -0.25) is 14.7 Å². The quantitative estimate of drug-likeness (QED) is 0.155. The molecule has 2 aromatic rings. The van der Waals surface area contributed by atoms with Crippen LogP contribution in [0.15, 0.2) is 42.5 Å². The molecule has 1 N–H and O–H groups in total. The van der Waals surface area contributed by atoms with E-state index < -0.39 is 43.5 Å². The lowest BCUT2D eigenvalue weighted by Gasteiger charge is -2.13. The van der Waals surface area contributed by atoms with E-state index in [2.05, 4.69) is 4.74 Å². The van der Waals surface area contributed by atoms with Crippen LogP contribution in [0.4, 0.5) is 14.5 Å². The molecule has 0 spiro atoms. The number of halogens is 3. The summed E-state index contributed by atoms with van der Waals surface area (Å²) >= 11 is 2.02. The molecule has 0 fully saturated rings. The molecule has 0 unspecified atom stereocenters. The van der Waals surface area contributed by atoms with E-state index in [4.69, 9.17) is 9.29 Å². The second-order valence-electron chi connectivity index (χ2n) is 4.80. The highest BCUT2D eigenvalue weighted by molar-refractivity contribution is 14.1. The van der Waals surface area contributed by atoms with E-state index in [-0.39, 0.29) is 5.75 Å². The van der Waals surface area contributed by atoms with Crippen molar-refractivity contribution in [1.82, 2.24) is 0 Å². The van der Waals surface area contributed by atoms with Gasteiger partial charge in [-0.15, -0.1) is 0 Å². The fourth-order valence-electron chi connectivity index (χ4n) is 1.74. The number of hydrogen-bond acceptors (Lipinski definition) is 7. The molecule has 0 bridgehead atoms. The van der Waals surface area contributed by atoms with Crippen molar-refractivity contribution in [2.45, 2.75) is 5.25 Å². The molecule has 0 aromatic heterocycles. The molecule has 0 aliphatic carbocycles. The first kappa shape index (κ1) is 20.9. The largest absolute Gasteiger partial charge is 0.466 e. The molecule has 2 aromatic carbocycles. The van der Waals surface area contributed by atoms with Crippen LogP contribution in [0, 0.1) is 13.7 Å². The van der Waals surface area contributed by atoms with Crippen LogP contribution >= 0.6 is 22.6 Å². The van der Waals surface area contributed by atoms with E-state index in [1.54, 1.807) is 12.1 Å². The molecule has 0 aliphatic rings. The Morgan fingerprint density at radius 1 is 1.15 bits per heavy atom. The van der Waals surface area contributed by atoms with Gasteiger partial charge in [0.15, 0.2) is 0 Å². The molecule has 0 aliphatic heterocycles. The maximum absolute atomic E-state index is 13.3. The summed E-state index contributed by atoms with van der Waals surface area (Å²) in [7, 11) is -6.13. The van der Waals surface area contributed by atoms with Crippen molar-refractivity contribution in [3.8, 4) is 17.2 Å². The minimum absolute atomic E-state index is 0.172. The van der Waals surface area contributed by atoms with Gasteiger partial charge >= 0.3 is 27.0 Å². The maximum atomic E-state index is 13.3. The smallest absolute Gasteiger partial charge is 0.450 e. The third-order valence-electron chi connectivity index (χ3n) is 2.95. The van der Waals surface area contributed by atoms with Crippen LogP contribution in [0.25, 0.3) is 0 Å². The Bertz CT molecular complexity index is 995. The summed E-state index contributed by atoms with van der Waals surface area (Å²) in [5.41, 5.74) is -0.990. The number of rotatable bonds is 6. The van der Waals surface area contributed by atoms with Gasteiger partial charge in [-0.05, 0) is 59.0 Å². The van der Waals surface area contributed by atoms with E-state index >= 15 is 0 Å². The lowest BCUT2D eigenvalue weighted by Crippen LogP contribution is -2.40. The highest BCUT2D eigenvalue weighted by Gasteiger charge is 2.55. The molecule has 27 heavy (non-hydrogen) atoms. The van der Waals surface area contributed by atoms with Gasteiger partial charge < -0.3 is 9.47 Å². The lowest BCUT2D eigenvalue weighted by molar-refractivity contribution is -0.386. The van der Waals surface area contributed by atoms with Crippen LogP contribution in [0.5, 0.6) is 17.2 Å². The van der Waals surface area contributed by atoms with Gasteiger partial charge in [-0.25, -0.2) is 4.79 Å². The van der Waals surface area contributed by atoms with Gasteiger partial charge in [-0.1, -0.05) is 6.07 Å². The number of ether oxygens (including phenoxy) is 2. The van der Waals surface area contributed by atoms with Crippen molar-refractivity contribution >= 4 is 44.4 Å². The van der Waals surface area contributed by atoms with Crippen molar-refractivity contribution in [1.29, 1.82) is 0 Å². The summed E-state index contributed by atoms with van der Waals surface area (Å²) in [5.74, 6) is -3.97. The minimum Gasteiger partial charge on any atom is -0.450 e. The summed E-state index contributed by atoms with van der Waals surface area (Å²) in [6, 6.07) is 9.25. The summed E-state index contributed by atoms with van der Waals surface area (Å²) in [6.07, 6.45) is 0. The second-order valence-corrected chi connectivity index (χ2v) is 7.51. The highest BCUT2D eigenvalue weighted by atomic mass is 127. The number of carbonyl (C=O) groups excluding carboxylic acids is 1. The van der Waals surface area contributed by atoms with E-state index in [0.29, 0.717) is 0 Å². The average Bonchev–Trinajstić information content (AvgIpc) is 2.55. The maximum Gasteiger partial charge on any atom is 0.466 e. The molecule has 2 rings (SSSR count). The van der Waals surface area contributed by atoms with Crippen molar-refractivity contribution in [2.24, 2.45) is 0 Å². The Morgan fingerprint density at radius 3 is 2.22 bits per heavy atom. The number of carbonyl (C=O) groups is 1. The van der Waals surface area contributed by atoms with Gasteiger partial charge in [0.05, 0.1) is 4.92 Å². The first-order chi connectivity index (χ1) is 12.4. The van der Waals surface area contributed by atoms with Crippen molar-refractivity contribution in [2.75, 3.05) is 0 Å². The molecule has 13 heteroatoms. The van der Waals surface area contributed by atoms with Crippen molar-refractivity contribution in [3.05, 3.63) is 56.1 Å². The van der Waals surface area contributed by atoms with Gasteiger partial charge in [-0.2, -0.15) is 17.2 Å². The molecule has 0 atom stereocenters. The van der Waals surface area contributed by atoms with Gasteiger partial charge in [0.2, 0.25) is 11.5 Å². The van der Waals surface area contributed by atoms with Gasteiger partial charge in [0, 0.05) is 3.57 Å². The van der Waals surface area contributed by atoms with Crippen LogP contribution < -0.4 is 9.47 Å². The number of nitrogens with zero attached hydrogens (tertiary/aromatic N) is 1. The predicted molar refractivity (Wildman–Crippen MR) is 94.5 cm³/mol. The Kier molecular flexibility index (Phi) is 5.96. The fraction of sp³-hybridized carbons (Fsp3) is 0.0714. The van der Waals surface area contributed by atoms with Crippen molar-refractivity contribution in [3.63, 3.8) is 0 Å². The third-order valence-corrected chi connectivity index (χ3v) is 4.48. The molecular weight excluding hydrogens is 507 g/mol. The van der Waals surface area contributed by atoms with E-state index in [0.717, 1.165) is 21.8 Å². The summed E-state index contributed by atoms with van der Waals surface area (Å²) in [6.45, 7) is 0. The number of hydrogen-bond donors (Lipinski definition) is 1. The predicted octanol–water partition coefficient (Wildman–Crippen LogP) is 3.38. The minimum atomic E-state index is -6.13. The van der Waals surface area contributed by atoms with Crippen LogP contribution in [-0.4, -0.2) is 29.1 Å². The summed E-state index contributed by atoms with van der Waals surface area (Å²) < 4.78 is 66.5. The standard InChI is InChI=1S/C14H8F2INO8S/c15-14(16,27(22,23)24)13(19)26-11-3-1-2-10(12(11)18(20)21)25-9-6-4-8(17)5-7-9/h1-7H,(H,22,23,24). The molecule has 0 amide bonds. The van der Waals surface area contributed by atoms with Crippen molar-refractivity contribution < 1.29 is 40.9 Å². The molecular formula is C14H8F2INO8S. The zero-order chi connectivity index (χ0) is 20.4. The van der Waals surface area contributed by atoms with Gasteiger partial charge in [0.25, 0.3) is 0 Å². The second kappa shape index (κ2) is 7.69. The Morgan fingerprint density at radius 2 is 1.70 bits per heavy atom. The Balaban J connectivity index is 2.42. The van der Waals surface area contributed by atoms with E-state index in [1.165, 1.54) is 12.1 Å². The number of para-hydroxylation sites is 1. The van der Waals surface area contributed by atoms with Crippen LogP contribution in [-0.2, 0) is 14.9 Å². The third kappa shape index (κ3) is 4.67. The molecule has 0 radical (unpaired) electrons. The number of nitro benzene ring substituents is 1. The normalized spacial score (nSPS) is 11.7. The number of alkyl halides is 2. The molecule has 144 valence electrons. The zero-order valence-corrected chi connectivity index (χ0v) is 15.8. The number of esters is 1. The SMILES string of the molecule is O=C(Oc1cccc(Oc2ccc(I)cc2)c1[N+](=O)[O-])C(F)(F)S(=O)(=O)O. The van der Waals surface area contributed by atoms with Crippen LogP contribution in [0.1, 0.15) is 0 Å². The Labute approximate surface area is 163 Å². The first-order valence-electron chi connectivity index (χ1n) is 6.71. The van der Waals surface area contributed by atoms with E-state index in [1.807, 2.05) is 22.6 Å². The highest BCUT2D eigenvalue weighted by Crippen LogP contribution is 2.40.